The smallest absolute Gasteiger partial charge is 0.356 e. The summed E-state index contributed by atoms with van der Waals surface area (Å²) in [7, 11) is 1.38. The van der Waals surface area contributed by atoms with Gasteiger partial charge in [-0.25, -0.2) is 9.78 Å². The molecule has 1 unspecified atom stereocenters. The molecule has 4 nitrogen and oxygen atoms in total. The maximum atomic E-state index is 11.9. The molecule has 0 fully saturated rings. The van der Waals surface area contributed by atoms with Gasteiger partial charge in [0, 0.05) is 0 Å². The van der Waals surface area contributed by atoms with Gasteiger partial charge in [-0.2, -0.15) is 0 Å². The summed E-state index contributed by atoms with van der Waals surface area (Å²) in [6, 6.07) is 16.6. The van der Waals surface area contributed by atoms with Crippen molar-refractivity contribution in [1.82, 2.24) is 9.55 Å². The van der Waals surface area contributed by atoms with Crippen molar-refractivity contribution >= 4 is 5.97 Å². The molecule has 3 rings (SSSR count). The van der Waals surface area contributed by atoms with Crippen molar-refractivity contribution in [2.24, 2.45) is 0 Å². The predicted octanol–water partition coefficient (Wildman–Crippen LogP) is 4.25. The van der Waals surface area contributed by atoms with Gasteiger partial charge in [-0.3, -0.25) is 0 Å². The third-order valence-electron chi connectivity index (χ3n) is 4.25. The van der Waals surface area contributed by atoms with Gasteiger partial charge in [0.05, 0.1) is 25.7 Å². The van der Waals surface area contributed by atoms with E-state index < -0.39 is 0 Å². The van der Waals surface area contributed by atoms with Gasteiger partial charge in [0.1, 0.15) is 5.69 Å². The summed E-state index contributed by atoms with van der Waals surface area (Å²) in [6.07, 6.45) is 3.21. The number of carbonyl (C=O) groups is 1. The van der Waals surface area contributed by atoms with Gasteiger partial charge < -0.3 is 9.30 Å². The molecular formula is C20H20N2O2. The Bertz CT molecular complexity index is 850. The van der Waals surface area contributed by atoms with Crippen LogP contribution in [-0.4, -0.2) is 22.6 Å². The second-order valence-corrected chi connectivity index (χ2v) is 5.81. The van der Waals surface area contributed by atoms with Gasteiger partial charge in [0.2, 0.25) is 0 Å². The van der Waals surface area contributed by atoms with E-state index in [1.165, 1.54) is 18.9 Å². The van der Waals surface area contributed by atoms with Crippen LogP contribution in [0.2, 0.25) is 0 Å². The van der Waals surface area contributed by atoms with Crippen molar-refractivity contribution in [3.63, 3.8) is 0 Å². The highest BCUT2D eigenvalue weighted by molar-refractivity contribution is 5.87. The third kappa shape index (κ3) is 2.95. The average Bonchev–Trinajstić information content (AvgIpc) is 3.11. The molecule has 3 aromatic rings. The number of benzene rings is 2. The molecule has 0 saturated carbocycles. The predicted molar refractivity (Wildman–Crippen MR) is 94.0 cm³/mol. The number of rotatable bonds is 4. The fraction of sp³-hybridized carbons (Fsp3) is 0.200. The first kappa shape index (κ1) is 16.0. The molecule has 0 aliphatic heterocycles. The Balaban J connectivity index is 2.06. The summed E-state index contributed by atoms with van der Waals surface area (Å²) >= 11 is 0. The van der Waals surface area contributed by atoms with Crippen LogP contribution in [-0.2, 0) is 4.74 Å². The van der Waals surface area contributed by atoms with E-state index in [1.807, 2.05) is 16.7 Å². The first-order valence-electron chi connectivity index (χ1n) is 7.88. The number of ether oxygens (including phenoxy) is 1. The summed E-state index contributed by atoms with van der Waals surface area (Å²) in [5, 5.41) is 0. The highest BCUT2D eigenvalue weighted by Crippen LogP contribution is 2.31. The lowest BCUT2D eigenvalue weighted by Crippen LogP contribution is -2.15. The minimum atomic E-state index is -0.382. The first-order chi connectivity index (χ1) is 11.6. The van der Waals surface area contributed by atoms with Gasteiger partial charge in [-0.05, 0) is 30.5 Å². The molecule has 0 radical (unpaired) electrons. The van der Waals surface area contributed by atoms with Gasteiger partial charge >= 0.3 is 5.97 Å². The van der Waals surface area contributed by atoms with E-state index in [9.17, 15) is 4.79 Å². The molecular weight excluding hydrogens is 300 g/mol. The van der Waals surface area contributed by atoms with Crippen LogP contribution < -0.4 is 0 Å². The van der Waals surface area contributed by atoms with Crippen molar-refractivity contribution in [1.29, 1.82) is 0 Å². The molecule has 0 aliphatic carbocycles. The largest absolute Gasteiger partial charge is 0.464 e. The van der Waals surface area contributed by atoms with Gasteiger partial charge in [-0.1, -0.05) is 54.1 Å². The van der Waals surface area contributed by atoms with Crippen LogP contribution in [0.25, 0.3) is 11.1 Å². The number of methoxy groups -OCH3 is 1. The minimum Gasteiger partial charge on any atom is -0.464 e. The highest BCUT2D eigenvalue weighted by atomic mass is 16.5. The second-order valence-electron chi connectivity index (χ2n) is 5.81. The second kappa shape index (κ2) is 6.71. The standard InChI is InChI=1S/C20H20N2O2/c1-14-8-10-16(11-9-14)18-7-5-4-6-17(18)15(2)22-13-21-12-19(22)20(23)24-3/h4-13,15H,1-3H3. The maximum absolute atomic E-state index is 11.9. The van der Waals surface area contributed by atoms with E-state index >= 15 is 0 Å². The number of imidazole rings is 1. The summed E-state index contributed by atoms with van der Waals surface area (Å²) in [4.78, 5) is 16.1. The van der Waals surface area contributed by atoms with Crippen LogP contribution >= 0.6 is 0 Å². The van der Waals surface area contributed by atoms with Crippen LogP contribution in [0.3, 0.4) is 0 Å². The van der Waals surface area contributed by atoms with Crippen LogP contribution in [0.1, 0.15) is 34.6 Å². The first-order valence-corrected chi connectivity index (χ1v) is 7.88. The zero-order valence-corrected chi connectivity index (χ0v) is 14.1. The lowest BCUT2D eigenvalue weighted by Gasteiger charge is -2.20. The molecule has 2 aromatic carbocycles. The summed E-state index contributed by atoms with van der Waals surface area (Å²) < 4.78 is 6.70. The molecule has 1 atom stereocenters. The maximum Gasteiger partial charge on any atom is 0.356 e. The van der Waals surface area contributed by atoms with E-state index in [-0.39, 0.29) is 12.0 Å². The van der Waals surface area contributed by atoms with E-state index in [2.05, 4.69) is 55.2 Å². The van der Waals surface area contributed by atoms with E-state index in [4.69, 9.17) is 4.74 Å². The number of aromatic nitrogens is 2. The zero-order valence-electron chi connectivity index (χ0n) is 14.1. The summed E-state index contributed by atoms with van der Waals surface area (Å²) in [5.41, 5.74) is 5.11. The van der Waals surface area contributed by atoms with Crippen molar-refractivity contribution in [2.45, 2.75) is 19.9 Å². The lowest BCUT2D eigenvalue weighted by atomic mass is 9.95. The van der Waals surface area contributed by atoms with Crippen molar-refractivity contribution in [3.05, 3.63) is 77.9 Å². The Labute approximate surface area is 141 Å². The van der Waals surface area contributed by atoms with Crippen LogP contribution in [0, 0.1) is 6.92 Å². The topological polar surface area (TPSA) is 44.1 Å². The Hall–Kier alpha value is -2.88. The molecule has 0 saturated heterocycles. The van der Waals surface area contributed by atoms with Gasteiger partial charge in [0.25, 0.3) is 0 Å². The van der Waals surface area contributed by atoms with Crippen LogP contribution in [0.4, 0.5) is 0 Å². The Morgan fingerprint density at radius 2 is 1.83 bits per heavy atom. The van der Waals surface area contributed by atoms with Crippen LogP contribution in [0.5, 0.6) is 0 Å². The fourth-order valence-corrected chi connectivity index (χ4v) is 2.88. The highest BCUT2D eigenvalue weighted by Gasteiger charge is 2.19. The average molecular weight is 320 g/mol. The van der Waals surface area contributed by atoms with Crippen molar-refractivity contribution in [2.75, 3.05) is 7.11 Å². The quantitative estimate of drug-likeness (QED) is 0.675. The monoisotopic (exact) mass is 320 g/mol. The van der Waals surface area contributed by atoms with E-state index in [0.29, 0.717) is 5.69 Å². The van der Waals surface area contributed by atoms with E-state index in [1.54, 1.807) is 6.33 Å². The molecule has 1 heterocycles. The molecule has 24 heavy (non-hydrogen) atoms. The van der Waals surface area contributed by atoms with Gasteiger partial charge in [0.15, 0.2) is 0 Å². The molecule has 0 aliphatic rings. The lowest BCUT2D eigenvalue weighted by molar-refractivity contribution is 0.0587. The Morgan fingerprint density at radius 3 is 2.54 bits per heavy atom. The number of hydrogen-bond acceptors (Lipinski definition) is 3. The minimum absolute atomic E-state index is 0.0425. The van der Waals surface area contributed by atoms with E-state index in [0.717, 1.165) is 16.7 Å². The molecule has 4 heteroatoms. The molecule has 1 aromatic heterocycles. The van der Waals surface area contributed by atoms with Crippen molar-refractivity contribution in [3.8, 4) is 11.1 Å². The molecule has 0 spiro atoms. The van der Waals surface area contributed by atoms with Gasteiger partial charge in [-0.15, -0.1) is 0 Å². The number of hydrogen-bond donors (Lipinski definition) is 0. The third-order valence-corrected chi connectivity index (χ3v) is 4.25. The Morgan fingerprint density at radius 1 is 1.12 bits per heavy atom. The fourth-order valence-electron chi connectivity index (χ4n) is 2.88. The van der Waals surface area contributed by atoms with Crippen LogP contribution in [0.15, 0.2) is 61.1 Å². The number of aryl methyl sites for hydroxylation is 1. The normalized spacial score (nSPS) is 12.0. The number of esters is 1. The molecule has 0 bridgehead atoms. The summed E-state index contributed by atoms with van der Waals surface area (Å²) in [6.45, 7) is 4.13. The molecule has 0 N–H and O–H groups in total. The number of nitrogens with zero attached hydrogens (tertiary/aromatic N) is 2. The molecule has 122 valence electrons. The SMILES string of the molecule is COC(=O)c1cncn1C(C)c1ccccc1-c1ccc(C)cc1. The van der Waals surface area contributed by atoms with Crippen molar-refractivity contribution < 1.29 is 9.53 Å². The number of carbonyl (C=O) groups excluding carboxylic acids is 1. The molecule has 0 amide bonds. The Kier molecular flexibility index (Phi) is 4.47. The summed E-state index contributed by atoms with van der Waals surface area (Å²) in [5.74, 6) is -0.382. The zero-order chi connectivity index (χ0) is 17.1.